The van der Waals surface area contributed by atoms with Gasteiger partial charge in [-0.2, -0.15) is 0 Å². The van der Waals surface area contributed by atoms with Crippen molar-refractivity contribution in [1.29, 1.82) is 0 Å². The fourth-order valence-corrected chi connectivity index (χ4v) is 3.21. The molecule has 3 nitrogen and oxygen atoms in total. The fourth-order valence-electron chi connectivity index (χ4n) is 2.64. The molecule has 1 aliphatic rings. The van der Waals surface area contributed by atoms with E-state index in [-0.39, 0.29) is 24.3 Å². The predicted molar refractivity (Wildman–Crippen MR) is 86.3 cm³/mol. The summed E-state index contributed by atoms with van der Waals surface area (Å²) >= 11 is 3.48. The summed E-state index contributed by atoms with van der Waals surface area (Å²) in [6.07, 6.45) is 1.68. The van der Waals surface area contributed by atoms with Crippen LogP contribution in [0.1, 0.15) is 17.4 Å². The van der Waals surface area contributed by atoms with E-state index in [0.29, 0.717) is 0 Å². The molecule has 1 saturated heterocycles. The summed E-state index contributed by atoms with van der Waals surface area (Å²) in [5.74, 6) is 0.651. The molecule has 1 aromatic heterocycles. The molecular weight excluding hydrogens is 359 g/mol. The minimum Gasteiger partial charge on any atom is -0.467 e. The first-order valence-corrected chi connectivity index (χ1v) is 7.48. The van der Waals surface area contributed by atoms with Crippen LogP contribution in [-0.4, -0.2) is 31.1 Å². The second-order valence-electron chi connectivity index (χ2n) is 4.87. The van der Waals surface area contributed by atoms with Gasteiger partial charge in [0.2, 0.25) is 0 Å². The Hall–Kier alpha value is -0.880. The SMILES string of the molecule is Cl.Fc1ccc([C@@H](c2ccco2)N2CCNCC2)c(Br)c1. The lowest BCUT2D eigenvalue weighted by Gasteiger charge is -2.34. The molecule has 1 aliphatic heterocycles. The molecule has 0 unspecified atom stereocenters. The second-order valence-corrected chi connectivity index (χ2v) is 5.72. The van der Waals surface area contributed by atoms with Crippen molar-refractivity contribution in [3.63, 3.8) is 0 Å². The zero-order chi connectivity index (χ0) is 13.9. The zero-order valence-corrected chi connectivity index (χ0v) is 13.8. The summed E-state index contributed by atoms with van der Waals surface area (Å²) in [5, 5.41) is 3.35. The van der Waals surface area contributed by atoms with E-state index in [9.17, 15) is 4.39 Å². The first-order valence-electron chi connectivity index (χ1n) is 6.69. The van der Waals surface area contributed by atoms with E-state index in [1.54, 1.807) is 6.26 Å². The number of rotatable bonds is 3. The van der Waals surface area contributed by atoms with Crippen LogP contribution in [0.15, 0.2) is 45.5 Å². The average Bonchev–Trinajstić information content (AvgIpc) is 2.97. The molecule has 1 aromatic carbocycles. The highest BCUT2D eigenvalue weighted by molar-refractivity contribution is 9.10. The van der Waals surface area contributed by atoms with Crippen LogP contribution in [0, 0.1) is 5.82 Å². The quantitative estimate of drug-likeness (QED) is 0.888. The van der Waals surface area contributed by atoms with Crippen LogP contribution in [0.4, 0.5) is 4.39 Å². The number of piperazine rings is 1. The van der Waals surface area contributed by atoms with E-state index in [4.69, 9.17) is 4.42 Å². The summed E-state index contributed by atoms with van der Waals surface area (Å²) in [7, 11) is 0. The van der Waals surface area contributed by atoms with Crippen molar-refractivity contribution in [2.45, 2.75) is 6.04 Å². The van der Waals surface area contributed by atoms with Gasteiger partial charge in [0.05, 0.1) is 12.3 Å². The van der Waals surface area contributed by atoms with Crippen LogP contribution < -0.4 is 5.32 Å². The van der Waals surface area contributed by atoms with E-state index in [1.807, 2.05) is 18.2 Å². The second kappa shape index (κ2) is 7.40. The summed E-state index contributed by atoms with van der Waals surface area (Å²) in [5.41, 5.74) is 1.03. The van der Waals surface area contributed by atoms with Crippen molar-refractivity contribution < 1.29 is 8.81 Å². The van der Waals surface area contributed by atoms with E-state index >= 15 is 0 Å². The van der Waals surface area contributed by atoms with Crippen molar-refractivity contribution in [3.8, 4) is 0 Å². The van der Waals surface area contributed by atoms with E-state index in [1.165, 1.54) is 12.1 Å². The van der Waals surface area contributed by atoms with Crippen molar-refractivity contribution in [1.82, 2.24) is 10.2 Å². The van der Waals surface area contributed by atoms with Crippen molar-refractivity contribution in [2.24, 2.45) is 0 Å². The highest BCUT2D eigenvalue weighted by Crippen LogP contribution is 2.34. The number of hydrogen-bond acceptors (Lipinski definition) is 3. The smallest absolute Gasteiger partial charge is 0.125 e. The van der Waals surface area contributed by atoms with Gasteiger partial charge >= 0.3 is 0 Å². The van der Waals surface area contributed by atoms with Crippen LogP contribution in [0.25, 0.3) is 0 Å². The number of nitrogens with zero attached hydrogens (tertiary/aromatic N) is 1. The molecule has 3 rings (SSSR count). The number of nitrogens with one attached hydrogen (secondary N) is 1. The molecule has 2 heterocycles. The lowest BCUT2D eigenvalue weighted by molar-refractivity contribution is 0.179. The van der Waals surface area contributed by atoms with Gasteiger partial charge in [0.25, 0.3) is 0 Å². The summed E-state index contributed by atoms with van der Waals surface area (Å²) in [6, 6.07) is 8.72. The first kappa shape index (κ1) is 16.5. The maximum Gasteiger partial charge on any atom is 0.125 e. The minimum absolute atomic E-state index is 0. The van der Waals surface area contributed by atoms with Gasteiger partial charge < -0.3 is 9.73 Å². The van der Waals surface area contributed by atoms with Crippen LogP contribution in [0.5, 0.6) is 0 Å². The molecule has 2 aromatic rings. The molecule has 114 valence electrons. The lowest BCUT2D eigenvalue weighted by Crippen LogP contribution is -2.45. The highest BCUT2D eigenvalue weighted by atomic mass is 79.9. The third-order valence-electron chi connectivity index (χ3n) is 3.59. The Balaban J connectivity index is 0.00000161. The Labute approximate surface area is 138 Å². The van der Waals surface area contributed by atoms with E-state index in [0.717, 1.165) is 42.0 Å². The summed E-state index contributed by atoms with van der Waals surface area (Å²) in [4.78, 5) is 2.35. The topological polar surface area (TPSA) is 28.4 Å². The number of hydrogen-bond donors (Lipinski definition) is 1. The molecule has 1 atom stereocenters. The monoisotopic (exact) mass is 374 g/mol. The van der Waals surface area contributed by atoms with Gasteiger partial charge in [-0.05, 0) is 29.8 Å². The minimum atomic E-state index is -0.237. The molecule has 21 heavy (non-hydrogen) atoms. The first-order chi connectivity index (χ1) is 9.75. The van der Waals surface area contributed by atoms with Crippen molar-refractivity contribution in [2.75, 3.05) is 26.2 Å². The maximum atomic E-state index is 13.3. The van der Waals surface area contributed by atoms with Crippen LogP contribution in [0.2, 0.25) is 0 Å². The zero-order valence-electron chi connectivity index (χ0n) is 11.4. The molecule has 1 N–H and O–H groups in total. The van der Waals surface area contributed by atoms with Gasteiger partial charge in [0.15, 0.2) is 0 Å². The molecule has 0 radical (unpaired) electrons. The third kappa shape index (κ3) is 3.66. The largest absolute Gasteiger partial charge is 0.467 e. The normalized spacial score (nSPS) is 17.2. The van der Waals surface area contributed by atoms with Gasteiger partial charge in [-0.25, -0.2) is 4.39 Å². The standard InChI is InChI=1S/C15H16BrFN2O.ClH/c16-13-10-11(17)3-4-12(13)15(14-2-1-9-20-14)19-7-5-18-6-8-19;/h1-4,9-10,15,18H,5-8H2;1H/t15-;/m0./s1. The molecule has 0 amide bonds. The molecule has 6 heteroatoms. The third-order valence-corrected chi connectivity index (χ3v) is 4.27. The van der Waals surface area contributed by atoms with E-state index < -0.39 is 0 Å². The predicted octanol–water partition coefficient (Wildman–Crippen LogP) is 3.60. The van der Waals surface area contributed by atoms with Gasteiger partial charge in [-0.1, -0.05) is 22.0 Å². The van der Waals surface area contributed by atoms with Crippen LogP contribution >= 0.6 is 28.3 Å². The Morgan fingerprint density at radius 1 is 1.24 bits per heavy atom. The Bertz CT molecular complexity index is 573. The lowest BCUT2D eigenvalue weighted by atomic mass is 10.0. The Morgan fingerprint density at radius 3 is 2.62 bits per heavy atom. The van der Waals surface area contributed by atoms with Crippen molar-refractivity contribution >= 4 is 28.3 Å². The Kier molecular flexibility index (Phi) is 5.81. The van der Waals surface area contributed by atoms with Crippen LogP contribution in [-0.2, 0) is 0 Å². The van der Waals surface area contributed by atoms with Crippen molar-refractivity contribution in [3.05, 3.63) is 58.2 Å². The van der Waals surface area contributed by atoms with Gasteiger partial charge in [-0.15, -0.1) is 12.4 Å². The maximum absolute atomic E-state index is 13.3. The molecular formula is C15H17BrClFN2O. The van der Waals surface area contributed by atoms with E-state index in [2.05, 4.69) is 26.1 Å². The molecule has 0 spiro atoms. The number of halogens is 3. The number of benzene rings is 1. The highest BCUT2D eigenvalue weighted by Gasteiger charge is 2.27. The van der Waals surface area contributed by atoms with Crippen LogP contribution in [0.3, 0.4) is 0 Å². The molecule has 0 aliphatic carbocycles. The fraction of sp³-hybridized carbons (Fsp3) is 0.333. The van der Waals surface area contributed by atoms with Gasteiger partial charge in [0.1, 0.15) is 11.6 Å². The summed E-state index contributed by atoms with van der Waals surface area (Å²) in [6.45, 7) is 3.79. The van der Waals surface area contributed by atoms with Gasteiger partial charge in [-0.3, -0.25) is 4.90 Å². The molecule has 0 bridgehead atoms. The molecule has 0 saturated carbocycles. The summed E-state index contributed by atoms with van der Waals surface area (Å²) < 4.78 is 19.7. The van der Waals surface area contributed by atoms with Gasteiger partial charge in [0, 0.05) is 30.7 Å². The number of furan rings is 1. The average molecular weight is 376 g/mol. The Morgan fingerprint density at radius 2 is 2.00 bits per heavy atom. The molecule has 1 fully saturated rings.